The summed E-state index contributed by atoms with van der Waals surface area (Å²) >= 11 is 0. The third kappa shape index (κ3) is 6.77. The Labute approximate surface area is 194 Å². The second-order valence-corrected chi connectivity index (χ2v) is 8.03. The van der Waals surface area contributed by atoms with Gasteiger partial charge in [0.1, 0.15) is 0 Å². The third-order valence-corrected chi connectivity index (χ3v) is 5.13. The molecule has 3 aromatic rings. The Morgan fingerprint density at radius 3 is 2.18 bits per heavy atom. The van der Waals surface area contributed by atoms with Crippen molar-refractivity contribution in [3.63, 3.8) is 0 Å². The van der Waals surface area contributed by atoms with E-state index in [9.17, 15) is 14.4 Å². The van der Waals surface area contributed by atoms with Crippen LogP contribution in [0.1, 0.15) is 46.5 Å². The van der Waals surface area contributed by atoms with Gasteiger partial charge in [-0.15, -0.1) is 0 Å². The highest BCUT2D eigenvalue weighted by molar-refractivity contribution is 5.97. The summed E-state index contributed by atoms with van der Waals surface area (Å²) in [5, 5.41) is 5.66. The molecule has 2 unspecified atom stereocenters. The van der Waals surface area contributed by atoms with Gasteiger partial charge in [-0.3, -0.25) is 14.4 Å². The first-order chi connectivity index (χ1) is 15.8. The molecule has 0 spiro atoms. The lowest BCUT2D eigenvalue weighted by Gasteiger charge is -2.20. The van der Waals surface area contributed by atoms with Gasteiger partial charge in [-0.1, -0.05) is 60.7 Å². The van der Waals surface area contributed by atoms with E-state index in [0.717, 1.165) is 11.1 Å². The number of hydrogen-bond donors (Lipinski definition) is 2. The Morgan fingerprint density at radius 2 is 1.52 bits per heavy atom. The van der Waals surface area contributed by atoms with Gasteiger partial charge in [-0.25, -0.2) is 0 Å². The van der Waals surface area contributed by atoms with E-state index in [-0.39, 0.29) is 12.3 Å². The minimum atomic E-state index is -1.12. The molecule has 3 rings (SSSR count). The maximum Gasteiger partial charge on any atom is 0.308 e. The van der Waals surface area contributed by atoms with Crippen molar-refractivity contribution in [2.75, 3.05) is 5.32 Å². The van der Waals surface area contributed by atoms with Crippen molar-refractivity contribution in [1.29, 1.82) is 0 Å². The molecule has 0 saturated heterocycles. The Hall–Kier alpha value is -3.93. The van der Waals surface area contributed by atoms with Crippen LogP contribution >= 0.6 is 0 Å². The molecule has 6 nitrogen and oxygen atoms in total. The van der Waals surface area contributed by atoms with Crippen molar-refractivity contribution in [2.45, 2.75) is 39.3 Å². The van der Waals surface area contributed by atoms with E-state index in [1.165, 1.54) is 0 Å². The summed E-state index contributed by atoms with van der Waals surface area (Å²) in [4.78, 5) is 38.1. The number of amides is 2. The molecular formula is C27H28N2O4. The van der Waals surface area contributed by atoms with Crippen LogP contribution in [0.2, 0.25) is 0 Å². The first-order valence-electron chi connectivity index (χ1n) is 10.8. The lowest BCUT2D eigenvalue weighted by Crippen LogP contribution is -2.35. The minimum Gasteiger partial charge on any atom is -0.447 e. The zero-order chi connectivity index (χ0) is 23.8. The van der Waals surface area contributed by atoms with E-state index in [1.807, 2.05) is 44.2 Å². The van der Waals surface area contributed by atoms with Crippen molar-refractivity contribution in [3.8, 4) is 0 Å². The first kappa shape index (κ1) is 23.7. The molecule has 3 aromatic carbocycles. The Morgan fingerprint density at radius 1 is 0.879 bits per heavy atom. The fourth-order valence-electron chi connectivity index (χ4n) is 3.35. The van der Waals surface area contributed by atoms with Gasteiger partial charge in [0.05, 0.1) is 6.42 Å². The highest BCUT2D eigenvalue weighted by Gasteiger charge is 2.26. The quantitative estimate of drug-likeness (QED) is 0.492. The molecule has 2 amide bonds. The lowest BCUT2D eigenvalue weighted by atomic mass is 10.1. The monoisotopic (exact) mass is 444 g/mol. The molecule has 0 aliphatic carbocycles. The molecule has 170 valence electrons. The maximum absolute atomic E-state index is 13.1. The van der Waals surface area contributed by atoms with Gasteiger partial charge in [-0.2, -0.15) is 0 Å². The average molecular weight is 445 g/mol. The van der Waals surface area contributed by atoms with E-state index in [4.69, 9.17) is 4.74 Å². The smallest absolute Gasteiger partial charge is 0.308 e. The van der Waals surface area contributed by atoms with Crippen molar-refractivity contribution in [2.24, 2.45) is 0 Å². The fourth-order valence-corrected chi connectivity index (χ4v) is 3.35. The number of carbonyl (C=O) groups excluding carboxylic acids is 3. The summed E-state index contributed by atoms with van der Waals surface area (Å²) in [5.74, 6) is -1.30. The lowest BCUT2D eigenvalue weighted by molar-refractivity contribution is -0.155. The second-order valence-electron chi connectivity index (χ2n) is 8.03. The number of hydrogen-bond acceptors (Lipinski definition) is 4. The molecule has 0 saturated carbocycles. The highest BCUT2D eigenvalue weighted by Crippen LogP contribution is 2.23. The topological polar surface area (TPSA) is 84.5 Å². The van der Waals surface area contributed by atoms with Gasteiger partial charge in [0.2, 0.25) is 6.10 Å². The minimum absolute atomic E-state index is 0.0708. The standard InChI is InChI=1S/C27H28N2O4/c1-18-14-15-19(2)23(16-18)29-27(32)25(21-10-6-4-7-11-21)33-24(30)17-20(3)28-26(31)22-12-8-5-9-13-22/h4-16,20,25H,17H2,1-3H3,(H,28,31)(H,29,32). The number of carbonyl (C=O) groups is 3. The predicted molar refractivity (Wildman–Crippen MR) is 128 cm³/mol. The average Bonchev–Trinajstić information content (AvgIpc) is 2.80. The Kier molecular flexibility index (Phi) is 7.97. The number of benzene rings is 3. The molecule has 0 aliphatic rings. The van der Waals surface area contributed by atoms with Crippen molar-refractivity contribution in [3.05, 3.63) is 101 Å². The zero-order valence-electron chi connectivity index (χ0n) is 19.0. The number of esters is 1. The summed E-state index contributed by atoms with van der Waals surface area (Å²) in [6.45, 7) is 5.56. The van der Waals surface area contributed by atoms with Crippen LogP contribution in [0.3, 0.4) is 0 Å². The largest absolute Gasteiger partial charge is 0.447 e. The molecule has 6 heteroatoms. The Balaban J connectivity index is 1.68. The number of nitrogens with one attached hydrogen (secondary N) is 2. The van der Waals surface area contributed by atoms with Crippen LogP contribution in [-0.4, -0.2) is 23.8 Å². The van der Waals surface area contributed by atoms with E-state index >= 15 is 0 Å². The maximum atomic E-state index is 13.1. The summed E-state index contributed by atoms with van der Waals surface area (Å²) in [5.41, 5.74) is 3.65. The van der Waals surface area contributed by atoms with Crippen LogP contribution in [0.4, 0.5) is 5.69 Å². The second kappa shape index (κ2) is 11.1. The molecule has 2 atom stereocenters. The number of ether oxygens (including phenoxy) is 1. The van der Waals surface area contributed by atoms with Crippen LogP contribution in [-0.2, 0) is 14.3 Å². The number of rotatable bonds is 8. The number of anilines is 1. The fraction of sp³-hybridized carbons (Fsp3) is 0.222. The SMILES string of the molecule is Cc1ccc(C)c(NC(=O)C(OC(=O)CC(C)NC(=O)c2ccccc2)c2ccccc2)c1. The van der Waals surface area contributed by atoms with Gasteiger partial charge < -0.3 is 15.4 Å². The molecule has 0 aromatic heterocycles. The first-order valence-corrected chi connectivity index (χ1v) is 10.8. The van der Waals surface area contributed by atoms with E-state index in [1.54, 1.807) is 55.5 Å². The van der Waals surface area contributed by atoms with Crippen molar-refractivity contribution >= 4 is 23.5 Å². The van der Waals surface area contributed by atoms with Crippen molar-refractivity contribution < 1.29 is 19.1 Å². The van der Waals surface area contributed by atoms with Gasteiger partial charge in [-0.05, 0) is 50.1 Å². The molecule has 0 aliphatic heterocycles. The summed E-state index contributed by atoms with van der Waals surface area (Å²) in [6, 6.07) is 22.9. The normalized spacial score (nSPS) is 12.3. The van der Waals surface area contributed by atoms with Crippen LogP contribution in [0.15, 0.2) is 78.9 Å². The van der Waals surface area contributed by atoms with Crippen LogP contribution < -0.4 is 10.6 Å². The van der Waals surface area contributed by atoms with Crippen LogP contribution in [0.5, 0.6) is 0 Å². The molecule has 0 bridgehead atoms. The highest BCUT2D eigenvalue weighted by atomic mass is 16.5. The van der Waals surface area contributed by atoms with Crippen molar-refractivity contribution in [1.82, 2.24) is 5.32 Å². The molecule has 33 heavy (non-hydrogen) atoms. The van der Waals surface area contributed by atoms with E-state index < -0.39 is 24.0 Å². The predicted octanol–water partition coefficient (Wildman–Crippen LogP) is 4.74. The van der Waals surface area contributed by atoms with Gasteiger partial charge in [0, 0.05) is 22.9 Å². The van der Waals surface area contributed by atoms with E-state index in [2.05, 4.69) is 10.6 Å². The molecule has 0 fully saturated rings. The third-order valence-electron chi connectivity index (χ3n) is 5.13. The van der Waals surface area contributed by atoms with Crippen LogP contribution in [0, 0.1) is 13.8 Å². The Bertz CT molecular complexity index is 1110. The molecule has 2 N–H and O–H groups in total. The van der Waals surface area contributed by atoms with E-state index in [0.29, 0.717) is 16.8 Å². The van der Waals surface area contributed by atoms with Crippen LogP contribution in [0.25, 0.3) is 0 Å². The van der Waals surface area contributed by atoms with Gasteiger partial charge in [0.15, 0.2) is 0 Å². The zero-order valence-corrected chi connectivity index (χ0v) is 19.0. The summed E-state index contributed by atoms with van der Waals surface area (Å²) < 4.78 is 5.60. The molecule has 0 heterocycles. The molecule has 0 radical (unpaired) electrons. The number of aryl methyl sites for hydroxylation is 2. The van der Waals surface area contributed by atoms with Gasteiger partial charge >= 0.3 is 5.97 Å². The molecular weight excluding hydrogens is 416 g/mol. The summed E-state index contributed by atoms with van der Waals surface area (Å²) in [6.07, 6.45) is -1.19. The van der Waals surface area contributed by atoms with Gasteiger partial charge in [0.25, 0.3) is 11.8 Å². The summed E-state index contributed by atoms with van der Waals surface area (Å²) in [7, 11) is 0.